The highest BCUT2D eigenvalue weighted by atomic mass is 32.1. The van der Waals surface area contributed by atoms with Crippen LogP contribution in [0.3, 0.4) is 0 Å². The summed E-state index contributed by atoms with van der Waals surface area (Å²) in [6, 6.07) is 0. The normalized spacial score (nSPS) is 10.2. The number of hydrogen-bond acceptors (Lipinski definition) is 6. The topological polar surface area (TPSA) is 123 Å². The van der Waals surface area contributed by atoms with E-state index in [1.54, 1.807) is 0 Å². The molecular weight excluding hydrogens is 266 g/mol. The number of amides is 2. The van der Waals surface area contributed by atoms with Gasteiger partial charge in [0.2, 0.25) is 5.91 Å². The number of nitrogens with one attached hydrogen (secondary N) is 2. The van der Waals surface area contributed by atoms with Gasteiger partial charge < -0.3 is 22.1 Å². The van der Waals surface area contributed by atoms with Crippen LogP contribution >= 0.6 is 11.3 Å². The van der Waals surface area contributed by atoms with Gasteiger partial charge in [-0.15, -0.1) is 0 Å². The molecule has 1 aromatic rings. The minimum absolute atomic E-state index is 0.232. The highest BCUT2D eigenvalue weighted by molar-refractivity contribution is 7.18. The number of nitrogen functional groups attached to an aromatic ring is 1. The van der Waals surface area contributed by atoms with Gasteiger partial charge in [0.25, 0.3) is 5.91 Å². The molecule has 0 aliphatic heterocycles. The molecule has 7 nitrogen and oxygen atoms in total. The highest BCUT2D eigenvalue weighted by Crippen LogP contribution is 2.24. The molecule has 0 unspecified atom stereocenters. The second-order valence-corrected chi connectivity index (χ2v) is 4.94. The summed E-state index contributed by atoms with van der Waals surface area (Å²) in [4.78, 5) is 26.8. The Bertz CT molecular complexity index is 446. The number of rotatable bonds is 8. The number of carbonyl (C=O) groups excluding carboxylic acids is 2. The lowest BCUT2D eigenvalue weighted by Crippen LogP contribution is -2.24. The lowest BCUT2D eigenvalue weighted by atomic mass is 10.2. The van der Waals surface area contributed by atoms with E-state index in [-0.39, 0.29) is 17.6 Å². The van der Waals surface area contributed by atoms with Crippen LogP contribution in [0.2, 0.25) is 0 Å². The van der Waals surface area contributed by atoms with Crippen molar-refractivity contribution in [2.45, 2.75) is 26.2 Å². The minimum atomic E-state index is -0.326. The summed E-state index contributed by atoms with van der Waals surface area (Å²) in [5.41, 5.74) is 10.7. The first-order valence-corrected chi connectivity index (χ1v) is 6.93. The molecule has 0 saturated heterocycles. The third-order valence-corrected chi connectivity index (χ3v) is 3.35. The van der Waals surface area contributed by atoms with Crippen molar-refractivity contribution in [2.75, 3.05) is 24.1 Å². The van der Waals surface area contributed by atoms with Crippen molar-refractivity contribution < 1.29 is 9.59 Å². The van der Waals surface area contributed by atoms with Gasteiger partial charge in [0, 0.05) is 19.5 Å². The molecule has 0 bridgehead atoms. The van der Waals surface area contributed by atoms with E-state index in [2.05, 4.69) is 15.6 Å². The average molecular weight is 285 g/mol. The third kappa shape index (κ3) is 5.12. The maximum atomic E-state index is 11.8. The molecule has 0 fully saturated rings. The molecule has 0 saturated carbocycles. The van der Waals surface area contributed by atoms with Crippen molar-refractivity contribution in [1.29, 1.82) is 0 Å². The average Bonchev–Trinajstić information content (AvgIpc) is 2.70. The molecule has 2 amide bonds. The third-order valence-electron chi connectivity index (χ3n) is 2.32. The molecular formula is C11H19N5O2S. The first-order valence-electron chi connectivity index (χ1n) is 6.11. The van der Waals surface area contributed by atoms with Crippen LogP contribution < -0.4 is 22.1 Å². The highest BCUT2D eigenvalue weighted by Gasteiger charge is 2.15. The summed E-state index contributed by atoms with van der Waals surface area (Å²) in [7, 11) is 0. The SMILES string of the molecule is CCNc1nc(N)c(C(=O)NCCCCC(N)=O)s1. The molecule has 106 valence electrons. The molecule has 1 aromatic heterocycles. The monoisotopic (exact) mass is 285 g/mol. The molecule has 8 heteroatoms. The van der Waals surface area contributed by atoms with Crippen molar-refractivity contribution in [2.24, 2.45) is 5.73 Å². The largest absolute Gasteiger partial charge is 0.382 e. The number of carbonyl (C=O) groups is 2. The van der Waals surface area contributed by atoms with E-state index < -0.39 is 0 Å². The van der Waals surface area contributed by atoms with Gasteiger partial charge in [-0.1, -0.05) is 11.3 Å². The van der Waals surface area contributed by atoms with E-state index >= 15 is 0 Å². The number of aromatic nitrogens is 1. The summed E-state index contributed by atoms with van der Waals surface area (Å²) in [6.45, 7) is 3.15. The molecule has 0 radical (unpaired) electrons. The zero-order valence-corrected chi connectivity index (χ0v) is 11.7. The molecule has 0 spiro atoms. The molecule has 0 aliphatic carbocycles. The van der Waals surface area contributed by atoms with Crippen LogP contribution in [-0.2, 0) is 4.79 Å². The van der Waals surface area contributed by atoms with Gasteiger partial charge in [0.15, 0.2) is 5.13 Å². The first kappa shape index (κ1) is 15.2. The van der Waals surface area contributed by atoms with Crippen LogP contribution in [-0.4, -0.2) is 29.9 Å². The number of thiazole rings is 1. The number of nitrogens with zero attached hydrogens (tertiary/aromatic N) is 1. The summed E-state index contributed by atoms with van der Waals surface area (Å²) < 4.78 is 0. The van der Waals surface area contributed by atoms with Crippen LogP contribution in [0.4, 0.5) is 10.9 Å². The zero-order valence-electron chi connectivity index (χ0n) is 10.9. The maximum absolute atomic E-state index is 11.8. The number of primary amides is 1. The Hall–Kier alpha value is -1.83. The molecule has 1 heterocycles. The van der Waals surface area contributed by atoms with E-state index in [1.165, 1.54) is 11.3 Å². The molecule has 1 rings (SSSR count). The van der Waals surface area contributed by atoms with Crippen LogP contribution in [0.15, 0.2) is 0 Å². The summed E-state index contributed by atoms with van der Waals surface area (Å²) in [6.07, 6.45) is 1.70. The fraction of sp³-hybridized carbons (Fsp3) is 0.545. The number of hydrogen-bond donors (Lipinski definition) is 4. The predicted molar refractivity (Wildman–Crippen MR) is 76.1 cm³/mol. The molecule has 19 heavy (non-hydrogen) atoms. The van der Waals surface area contributed by atoms with Crippen LogP contribution in [0, 0.1) is 0 Å². The quantitative estimate of drug-likeness (QED) is 0.519. The molecule has 0 aromatic carbocycles. The van der Waals surface area contributed by atoms with Crippen molar-refractivity contribution >= 4 is 34.1 Å². The Labute approximate surface area is 115 Å². The van der Waals surface area contributed by atoms with E-state index in [0.29, 0.717) is 35.8 Å². The molecule has 6 N–H and O–H groups in total. The first-order chi connectivity index (χ1) is 9.04. The fourth-order valence-corrected chi connectivity index (χ4v) is 2.30. The van der Waals surface area contributed by atoms with Crippen LogP contribution in [0.25, 0.3) is 0 Å². The van der Waals surface area contributed by atoms with Gasteiger partial charge in [-0.2, -0.15) is 0 Å². The standard InChI is InChI=1S/C11H19N5O2S/c1-2-14-11-16-9(13)8(19-11)10(18)15-6-4-3-5-7(12)17/h2-6,13H2,1H3,(H2,12,17)(H,14,16)(H,15,18). The summed E-state index contributed by atoms with van der Waals surface area (Å²) >= 11 is 1.23. The Morgan fingerprint density at radius 2 is 2.11 bits per heavy atom. The molecule has 0 aliphatic rings. The van der Waals surface area contributed by atoms with Gasteiger partial charge >= 0.3 is 0 Å². The second kappa shape index (κ2) is 7.57. The van der Waals surface area contributed by atoms with E-state index in [4.69, 9.17) is 11.5 Å². The Morgan fingerprint density at radius 1 is 1.37 bits per heavy atom. The predicted octanol–water partition coefficient (Wildman–Crippen LogP) is 0.542. The van der Waals surface area contributed by atoms with Gasteiger partial charge in [-0.05, 0) is 19.8 Å². The zero-order chi connectivity index (χ0) is 14.3. The summed E-state index contributed by atoms with van der Waals surface area (Å²) in [5, 5.41) is 6.39. The number of nitrogens with two attached hydrogens (primary N) is 2. The van der Waals surface area contributed by atoms with Crippen molar-refractivity contribution in [3.05, 3.63) is 4.88 Å². The van der Waals surface area contributed by atoms with Gasteiger partial charge in [-0.3, -0.25) is 9.59 Å². The van der Waals surface area contributed by atoms with Crippen molar-refractivity contribution in [3.63, 3.8) is 0 Å². The Morgan fingerprint density at radius 3 is 2.74 bits per heavy atom. The van der Waals surface area contributed by atoms with Gasteiger partial charge in [0.1, 0.15) is 10.7 Å². The molecule has 0 atom stereocenters. The van der Waals surface area contributed by atoms with Crippen LogP contribution in [0.1, 0.15) is 35.9 Å². The maximum Gasteiger partial charge on any atom is 0.265 e. The minimum Gasteiger partial charge on any atom is -0.382 e. The Balaban J connectivity index is 2.38. The van der Waals surface area contributed by atoms with Crippen molar-refractivity contribution in [1.82, 2.24) is 10.3 Å². The Kier molecular flexibility index (Phi) is 6.07. The van der Waals surface area contributed by atoms with E-state index in [1.807, 2.05) is 6.92 Å². The summed E-state index contributed by atoms with van der Waals surface area (Å²) in [5.74, 6) is -0.331. The lowest BCUT2D eigenvalue weighted by Gasteiger charge is -2.02. The van der Waals surface area contributed by atoms with E-state index in [0.717, 1.165) is 6.54 Å². The van der Waals surface area contributed by atoms with Crippen LogP contribution in [0.5, 0.6) is 0 Å². The van der Waals surface area contributed by atoms with E-state index in [9.17, 15) is 9.59 Å². The van der Waals surface area contributed by atoms with Gasteiger partial charge in [-0.25, -0.2) is 4.98 Å². The second-order valence-electron chi connectivity index (χ2n) is 3.94. The van der Waals surface area contributed by atoms with Crippen molar-refractivity contribution in [3.8, 4) is 0 Å². The van der Waals surface area contributed by atoms with Gasteiger partial charge in [0.05, 0.1) is 0 Å². The number of unbranched alkanes of at least 4 members (excludes halogenated alkanes) is 1. The fourth-order valence-electron chi connectivity index (χ4n) is 1.43. The lowest BCUT2D eigenvalue weighted by molar-refractivity contribution is -0.118. The number of anilines is 2. The smallest absolute Gasteiger partial charge is 0.265 e.